The van der Waals surface area contributed by atoms with Crippen LogP contribution in [0.15, 0.2) is 46.9 Å². The van der Waals surface area contributed by atoms with Gasteiger partial charge >= 0.3 is 0 Å². The molecule has 0 amide bonds. The number of rotatable bonds is 2. The van der Waals surface area contributed by atoms with Crippen molar-refractivity contribution in [3.05, 3.63) is 58.3 Å². The normalized spacial score (nSPS) is 10.4. The first-order valence-electron chi connectivity index (χ1n) is 4.81. The van der Waals surface area contributed by atoms with Crippen molar-refractivity contribution in [3.8, 4) is 11.1 Å². The summed E-state index contributed by atoms with van der Waals surface area (Å²) in [5.41, 5.74) is 1.98. The molecule has 0 saturated heterocycles. The lowest BCUT2D eigenvalue weighted by Crippen LogP contribution is -1.87. The summed E-state index contributed by atoms with van der Waals surface area (Å²) in [5, 5.41) is 0. The molecular weight excluding hydrogens is 274 g/mol. The highest BCUT2D eigenvalue weighted by Gasteiger charge is 2.06. The SMILES string of the molecule is FCc1cc(Br)ccc1-c1cccc(F)c1. The van der Waals surface area contributed by atoms with Gasteiger partial charge in [-0.25, -0.2) is 8.78 Å². The maximum atomic E-state index is 13.1. The molecule has 0 fully saturated rings. The predicted molar refractivity (Wildman–Crippen MR) is 64.3 cm³/mol. The number of alkyl halides is 1. The van der Waals surface area contributed by atoms with E-state index in [1.165, 1.54) is 12.1 Å². The topological polar surface area (TPSA) is 0 Å². The third-order valence-electron chi connectivity index (χ3n) is 2.35. The zero-order valence-corrected chi connectivity index (χ0v) is 9.97. The van der Waals surface area contributed by atoms with Gasteiger partial charge in [-0.2, -0.15) is 0 Å². The van der Waals surface area contributed by atoms with Crippen molar-refractivity contribution in [1.82, 2.24) is 0 Å². The van der Waals surface area contributed by atoms with Crippen LogP contribution in [0.5, 0.6) is 0 Å². The van der Waals surface area contributed by atoms with Gasteiger partial charge in [-0.3, -0.25) is 0 Å². The van der Waals surface area contributed by atoms with Crippen LogP contribution in [0.1, 0.15) is 5.56 Å². The third-order valence-corrected chi connectivity index (χ3v) is 2.84. The van der Waals surface area contributed by atoms with Gasteiger partial charge in [-0.1, -0.05) is 34.1 Å². The molecule has 0 spiro atoms. The molecule has 3 heteroatoms. The van der Waals surface area contributed by atoms with Crippen LogP contribution in [0.3, 0.4) is 0 Å². The van der Waals surface area contributed by atoms with Gasteiger partial charge in [-0.05, 0) is 41.0 Å². The average molecular weight is 283 g/mol. The van der Waals surface area contributed by atoms with Gasteiger partial charge in [0, 0.05) is 4.47 Å². The zero-order chi connectivity index (χ0) is 11.5. The number of benzene rings is 2. The van der Waals surface area contributed by atoms with Crippen LogP contribution in [0, 0.1) is 5.82 Å². The lowest BCUT2D eigenvalue weighted by Gasteiger charge is -2.07. The molecule has 2 aromatic carbocycles. The van der Waals surface area contributed by atoms with Crippen LogP contribution in [0.2, 0.25) is 0 Å². The standard InChI is InChI=1S/C13H9BrF2/c14-11-4-5-13(10(6-11)8-15)9-2-1-3-12(16)7-9/h1-7H,8H2. The van der Waals surface area contributed by atoms with Crippen molar-refractivity contribution in [2.45, 2.75) is 6.67 Å². The first-order valence-corrected chi connectivity index (χ1v) is 5.60. The van der Waals surface area contributed by atoms with Gasteiger partial charge in [0.15, 0.2) is 0 Å². The molecule has 0 aliphatic heterocycles. The monoisotopic (exact) mass is 282 g/mol. The fourth-order valence-corrected chi connectivity index (χ4v) is 2.02. The molecule has 16 heavy (non-hydrogen) atoms. The quantitative estimate of drug-likeness (QED) is 0.747. The molecule has 0 saturated carbocycles. The summed E-state index contributed by atoms with van der Waals surface area (Å²) >= 11 is 3.28. The number of hydrogen-bond acceptors (Lipinski definition) is 0. The van der Waals surface area contributed by atoms with Gasteiger partial charge in [0.05, 0.1) is 0 Å². The summed E-state index contributed by atoms with van der Waals surface area (Å²) < 4.78 is 26.7. The molecule has 0 unspecified atom stereocenters. The van der Waals surface area contributed by atoms with Crippen molar-refractivity contribution in [2.75, 3.05) is 0 Å². The summed E-state index contributed by atoms with van der Waals surface area (Å²) in [7, 11) is 0. The Morgan fingerprint density at radius 2 is 1.88 bits per heavy atom. The molecule has 0 bridgehead atoms. The van der Waals surface area contributed by atoms with Gasteiger partial charge in [0.2, 0.25) is 0 Å². The van der Waals surface area contributed by atoms with Gasteiger partial charge in [0.25, 0.3) is 0 Å². The Labute approximate surface area is 101 Å². The molecule has 2 aromatic rings. The summed E-state index contributed by atoms with van der Waals surface area (Å²) in [6.07, 6.45) is 0. The molecule has 0 atom stereocenters. The highest BCUT2D eigenvalue weighted by molar-refractivity contribution is 9.10. The Bertz CT molecular complexity index is 509. The summed E-state index contributed by atoms with van der Waals surface area (Å²) in [6.45, 7) is -0.564. The van der Waals surface area contributed by atoms with Crippen LogP contribution in [-0.4, -0.2) is 0 Å². The minimum absolute atomic E-state index is 0.315. The lowest BCUT2D eigenvalue weighted by molar-refractivity contribution is 0.486. The predicted octanol–water partition coefficient (Wildman–Crippen LogP) is 4.72. The molecule has 2 rings (SSSR count). The van der Waals surface area contributed by atoms with E-state index < -0.39 is 6.67 Å². The molecule has 0 aliphatic carbocycles. The van der Waals surface area contributed by atoms with E-state index in [-0.39, 0.29) is 5.82 Å². The van der Waals surface area contributed by atoms with E-state index in [0.717, 1.165) is 10.0 Å². The van der Waals surface area contributed by atoms with Crippen LogP contribution < -0.4 is 0 Å². The molecule has 0 aromatic heterocycles. The fourth-order valence-electron chi connectivity index (χ4n) is 1.61. The minimum atomic E-state index is -0.564. The number of hydrogen-bond donors (Lipinski definition) is 0. The molecule has 0 heterocycles. The molecule has 0 aliphatic rings. The second-order valence-corrected chi connectivity index (χ2v) is 4.36. The Balaban J connectivity index is 2.55. The van der Waals surface area contributed by atoms with Crippen molar-refractivity contribution < 1.29 is 8.78 Å². The van der Waals surface area contributed by atoms with Crippen LogP contribution in [0.25, 0.3) is 11.1 Å². The fraction of sp³-hybridized carbons (Fsp3) is 0.0769. The second kappa shape index (κ2) is 4.74. The van der Waals surface area contributed by atoms with Crippen molar-refractivity contribution in [2.24, 2.45) is 0 Å². The van der Waals surface area contributed by atoms with Gasteiger partial charge in [0.1, 0.15) is 12.5 Å². The van der Waals surface area contributed by atoms with E-state index in [4.69, 9.17) is 0 Å². The van der Waals surface area contributed by atoms with Crippen LogP contribution in [-0.2, 0) is 6.67 Å². The van der Waals surface area contributed by atoms with E-state index in [9.17, 15) is 8.78 Å². The molecule has 0 N–H and O–H groups in total. The molecule has 82 valence electrons. The summed E-state index contributed by atoms with van der Waals surface area (Å²) in [5.74, 6) is -0.315. The average Bonchev–Trinajstić information content (AvgIpc) is 2.28. The maximum Gasteiger partial charge on any atom is 0.123 e. The maximum absolute atomic E-state index is 13.1. The molecule has 0 nitrogen and oxygen atoms in total. The largest absolute Gasteiger partial charge is 0.246 e. The minimum Gasteiger partial charge on any atom is -0.246 e. The van der Waals surface area contributed by atoms with E-state index in [1.807, 2.05) is 6.07 Å². The smallest absolute Gasteiger partial charge is 0.123 e. The molecule has 0 radical (unpaired) electrons. The van der Waals surface area contributed by atoms with Crippen LogP contribution >= 0.6 is 15.9 Å². The Morgan fingerprint density at radius 3 is 2.56 bits per heavy atom. The van der Waals surface area contributed by atoms with Crippen LogP contribution in [0.4, 0.5) is 8.78 Å². The lowest BCUT2D eigenvalue weighted by atomic mass is 10.0. The van der Waals surface area contributed by atoms with E-state index in [1.54, 1.807) is 24.3 Å². The van der Waals surface area contributed by atoms with Crippen molar-refractivity contribution in [1.29, 1.82) is 0 Å². The second-order valence-electron chi connectivity index (χ2n) is 3.45. The molecular formula is C13H9BrF2. The zero-order valence-electron chi connectivity index (χ0n) is 8.38. The summed E-state index contributed by atoms with van der Waals surface area (Å²) in [4.78, 5) is 0. The Hall–Kier alpha value is -1.22. The Kier molecular flexibility index (Phi) is 3.34. The van der Waals surface area contributed by atoms with E-state index in [2.05, 4.69) is 15.9 Å². The number of halogens is 3. The van der Waals surface area contributed by atoms with Gasteiger partial charge < -0.3 is 0 Å². The van der Waals surface area contributed by atoms with E-state index in [0.29, 0.717) is 11.1 Å². The van der Waals surface area contributed by atoms with Crippen molar-refractivity contribution in [3.63, 3.8) is 0 Å². The first-order chi connectivity index (χ1) is 7.70. The van der Waals surface area contributed by atoms with Crippen molar-refractivity contribution >= 4 is 15.9 Å². The van der Waals surface area contributed by atoms with Gasteiger partial charge in [-0.15, -0.1) is 0 Å². The summed E-state index contributed by atoms with van der Waals surface area (Å²) in [6, 6.07) is 11.5. The first kappa shape index (κ1) is 11.3. The van der Waals surface area contributed by atoms with E-state index >= 15 is 0 Å². The highest BCUT2D eigenvalue weighted by Crippen LogP contribution is 2.27. The third kappa shape index (κ3) is 2.30. The Morgan fingerprint density at radius 1 is 1.06 bits per heavy atom. The highest BCUT2D eigenvalue weighted by atomic mass is 79.9.